The maximum Gasteiger partial charge on any atom is 0.161 e. The lowest BCUT2D eigenvalue weighted by atomic mass is 10.1. The number of fused-ring (bicyclic) bond motifs is 1. The van der Waals surface area contributed by atoms with E-state index in [0.717, 1.165) is 48.3 Å². The molecule has 0 bridgehead atoms. The number of hydrogen-bond donors (Lipinski definition) is 1. The number of hydrogen-bond acceptors (Lipinski definition) is 5. The van der Waals surface area contributed by atoms with Gasteiger partial charge in [-0.3, -0.25) is 4.90 Å². The number of ether oxygens (including phenoxy) is 2. The van der Waals surface area contributed by atoms with Gasteiger partial charge >= 0.3 is 0 Å². The number of rotatable bonds is 4. The Labute approximate surface area is 158 Å². The Balaban J connectivity index is 1.33. The van der Waals surface area contributed by atoms with Crippen LogP contribution in [0.4, 0.5) is 5.69 Å². The molecule has 0 aliphatic carbocycles. The number of aliphatic hydroxyl groups is 1. The number of benzene rings is 2. The normalized spacial score (nSPS) is 18.6. The van der Waals surface area contributed by atoms with Crippen LogP contribution in [0.5, 0.6) is 11.5 Å². The van der Waals surface area contributed by atoms with Crippen LogP contribution in [0.25, 0.3) is 0 Å². The van der Waals surface area contributed by atoms with E-state index in [-0.39, 0.29) is 0 Å². The summed E-state index contributed by atoms with van der Waals surface area (Å²) in [6.07, 6.45) is -0.534. The van der Waals surface area contributed by atoms with Gasteiger partial charge in [0.05, 0.1) is 6.10 Å². The predicted molar refractivity (Wildman–Crippen MR) is 102 cm³/mol. The van der Waals surface area contributed by atoms with Crippen molar-refractivity contribution in [2.24, 2.45) is 0 Å². The SMILES string of the molecule is OC(CN1CCN(c2ccc(Cl)cc2)CC1)c1ccc2c(c1)OCCO2. The molecule has 1 atom stereocenters. The number of β-amino-alcohol motifs (C(OH)–C–C–N with tert-alkyl or cyclic N) is 1. The first kappa shape index (κ1) is 17.5. The van der Waals surface area contributed by atoms with Crippen molar-refractivity contribution < 1.29 is 14.6 Å². The molecule has 1 fully saturated rings. The average Bonchev–Trinajstić information content (AvgIpc) is 2.69. The second-order valence-electron chi connectivity index (χ2n) is 6.68. The molecule has 0 amide bonds. The molecule has 2 aromatic rings. The van der Waals surface area contributed by atoms with E-state index >= 15 is 0 Å². The largest absolute Gasteiger partial charge is 0.486 e. The van der Waals surface area contributed by atoms with E-state index in [1.807, 2.05) is 30.3 Å². The molecule has 1 saturated heterocycles. The fourth-order valence-corrected chi connectivity index (χ4v) is 3.58. The van der Waals surface area contributed by atoms with Crippen LogP contribution >= 0.6 is 11.6 Å². The lowest BCUT2D eigenvalue weighted by molar-refractivity contribution is 0.108. The first-order valence-electron chi connectivity index (χ1n) is 8.99. The first-order chi connectivity index (χ1) is 12.7. The van der Waals surface area contributed by atoms with Crippen molar-refractivity contribution in [2.45, 2.75) is 6.10 Å². The fraction of sp³-hybridized carbons (Fsp3) is 0.400. The van der Waals surface area contributed by atoms with Gasteiger partial charge in [-0.1, -0.05) is 17.7 Å². The summed E-state index contributed by atoms with van der Waals surface area (Å²) in [7, 11) is 0. The van der Waals surface area contributed by atoms with Gasteiger partial charge in [-0.25, -0.2) is 0 Å². The van der Waals surface area contributed by atoms with E-state index < -0.39 is 6.10 Å². The Hall–Kier alpha value is -1.95. The number of aliphatic hydroxyl groups excluding tert-OH is 1. The van der Waals surface area contributed by atoms with Gasteiger partial charge in [-0.15, -0.1) is 0 Å². The summed E-state index contributed by atoms with van der Waals surface area (Å²) in [5.41, 5.74) is 2.07. The van der Waals surface area contributed by atoms with Gasteiger partial charge in [0, 0.05) is 43.4 Å². The third-order valence-electron chi connectivity index (χ3n) is 4.95. The zero-order valence-electron chi connectivity index (χ0n) is 14.6. The number of nitrogens with zero attached hydrogens (tertiary/aromatic N) is 2. The maximum atomic E-state index is 10.6. The molecule has 6 heteroatoms. The van der Waals surface area contributed by atoms with Crippen molar-refractivity contribution in [1.82, 2.24) is 4.90 Å². The second kappa shape index (κ2) is 7.74. The van der Waals surface area contributed by atoms with E-state index in [4.69, 9.17) is 21.1 Å². The third kappa shape index (κ3) is 3.90. The summed E-state index contributed by atoms with van der Waals surface area (Å²) >= 11 is 5.96. The van der Waals surface area contributed by atoms with Crippen LogP contribution in [0.15, 0.2) is 42.5 Å². The minimum Gasteiger partial charge on any atom is -0.486 e. The lowest BCUT2D eigenvalue weighted by Crippen LogP contribution is -2.47. The Morgan fingerprint density at radius 2 is 1.62 bits per heavy atom. The predicted octanol–water partition coefficient (Wildman–Crippen LogP) is 2.97. The van der Waals surface area contributed by atoms with Crippen LogP contribution in [0, 0.1) is 0 Å². The van der Waals surface area contributed by atoms with Gasteiger partial charge < -0.3 is 19.5 Å². The fourth-order valence-electron chi connectivity index (χ4n) is 3.46. The molecule has 1 N–H and O–H groups in total. The zero-order chi connectivity index (χ0) is 17.9. The van der Waals surface area contributed by atoms with Crippen molar-refractivity contribution in [3.63, 3.8) is 0 Å². The summed E-state index contributed by atoms with van der Waals surface area (Å²) in [5.74, 6) is 1.48. The molecule has 0 aromatic heterocycles. The molecule has 5 nitrogen and oxygen atoms in total. The maximum absolute atomic E-state index is 10.6. The quantitative estimate of drug-likeness (QED) is 0.891. The van der Waals surface area contributed by atoms with Crippen LogP contribution < -0.4 is 14.4 Å². The third-order valence-corrected chi connectivity index (χ3v) is 5.20. The highest BCUT2D eigenvalue weighted by Gasteiger charge is 2.21. The molecular weight excluding hydrogens is 352 g/mol. The minimum atomic E-state index is -0.534. The second-order valence-corrected chi connectivity index (χ2v) is 7.12. The van der Waals surface area contributed by atoms with Crippen LogP contribution in [-0.2, 0) is 0 Å². The molecule has 2 aliphatic rings. The number of anilines is 1. The summed E-state index contributed by atoms with van der Waals surface area (Å²) < 4.78 is 11.1. The van der Waals surface area contributed by atoms with E-state index in [1.165, 1.54) is 5.69 Å². The van der Waals surface area contributed by atoms with Crippen LogP contribution in [0.3, 0.4) is 0 Å². The summed E-state index contributed by atoms with van der Waals surface area (Å²) in [4.78, 5) is 4.65. The van der Waals surface area contributed by atoms with Gasteiger partial charge in [0.2, 0.25) is 0 Å². The molecule has 2 aromatic carbocycles. The van der Waals surface area contributed by atoms with E-state index in [0.29, 0.717) is 19.8 Å². The summed E-state index contributed by atoms with van der Waals surface area (Å²) in [5, 5.41) is 11.4. The molecule has 4 rings (SSSR count). The van der Waals surface area contributed by atoms with Crippen molar-refractivity contribution in [2.75, 3.05) is 50.8 Å². The molecule has 2 aliphatic heterocycles. The Morgan fingerprint density at radius 1 is 0.923 bits per heavy atom. The van der Waals surface area contributed by atoms with E-state index in [1.54, 1.807) is 0 Å². The molecular formula is C20H23ClN2O3. The Morgan fingerprint density at radius 3 is 2.35 bits per heavy atom. The van der Waals surface area contributed by atoms with Gasteiger partial charge in [0.25, 0.3) is 0 Å². The van der Waals surface area contributed by atoms with Gasteiger partial charge in [0.1, 0.15) is 13.2 Å². The van der Waals surface area contributed by atoms with Crippen molar-refractivity contribution >= 4 is 17.3 Å². The van der Waals surface area contributed by atoms with Crippen molar-refractivity contribution in [1.29, 1.82) is 0 Å². The highest BCUT2D eigenvalue weighted by molar-refractivity contribution is 6.30. The number of piperazine rings is 1. The summed E-state index contributed by atoms with van der Waals surface area (Å²) in [6.45, 7) is 5.47. The smallest absolute Gasteiger partial charge is 0.161 e. The Kier molecular flexibility index (Phi) is 5.20. The van der Waals surface area contributed by atoms with Crippen LogP contribution in [0.2, 0.25) is 5.02 Å². The lowest BCUT2D eigenvalue weighted by Gasteiger charge is -2.37. The molecule has 0 saturated carbocycles. The topological polar surface area (TPSA) is 45.2 Å². The van der Waals surface area contributed by atoms with E-state index in [9.17, 15) is 5.11 Å². The van der Waals surface area contributed by atoms with Gasteiger partial charge in [-0.05, 0) is 42.0 Å². The molecule has 1 unspecified atom stereocenters. The monoisotopic (exact) mass is 374 g/mol. The van der Waals surface area contributed by atoms with Crippen molar-refractivity contribution in [3.05, 3.63) is 53.1 Å². The standard InChI is InChI=1S/C20H23ClN2O3/c21-16-2-4-17(5-3-16)23-9-7-22(8-10-23)14-18(24)15-1-6-19-20(13-15)26-12-11-25-19/h1-6,13,18,24H,7-12,14H2. The number of halogens is 1. The molecule has 26 heavy (non-hydrogen) atoms. The van der Waals surface area contributed by atoms with Crippen LogP contribution in [-0.4, -0.2) is 55.9 Å². The first-order valence-corrected chi connectivity index (χ1v) is 9.37. The summed E-state index contributed by atoms with van der Waals surface area (Å²) in [6, 6.07) is 13.7. The highest BCUT2D eigenvalue weighted by Crippen LogP contribution is 2.33. The zero-order valence-corrected chi connectivity index (χ0v) is 15.4. The van der Waals surface area contributed by atoms with Gasteiger partial charge in [-0.2, -0.15) is 0 Å². The average molecular weight is 375 g/mol. The molecule has 0 spiro atoms. The van der Waals surface area contributed by atoms with Crippen LogP contribution in [0.1, 0.15) is 11.7 Å². The van der Waals surface area contributed by atoms with E-state index in [2.05, 4.69) is 21.9 Å². The molecule has 0 radical (unpaired) electrons. The molecule has 138 valence electrons. The van der Waals surface area contributed by atoms with Crippen molar-refractivity contribution in [3.8, 4) is 11.5 Å². The Bertz CT molecular complexity index is 745. The van der Waals surface area contributed by atoms with Gasteiger partial charge in [0.15, 0.2) is 11.5 Å². The highest BCUT2D eigenvalue weighted by atomic mass is 35.5. The minimum absolute atomic E-state index is 0.534. The molecule has 2 heterocycles.